The zero-order valence-corrected chi connectivity index (χ0v) is 52.1. The van der Waals surface area contributed by atoms with Crippen LogP contribution in [-0.2, 0) is 37.9 Å². The Morgan fingerprint density at radius 1 is 0.482 bits per heavy atom. The molecule has 0 aromatic heterocycles. The maximum Gasteiger partial charge on any atom is 0.252 e. The fraction of sp³-hybridized carbons (Fsp3) is 0.333. The van der Waals surface area contributed by atoms with E-state index < -0.39 is 0 Å². The Balaban J connectivity index is 1.10. The average molecular weight is 1090 g/mol. The second kappa shape index (κ2) is 17.8. The number of fused-ring (bicyclic) bond motifs is 9. The topological polar surface area (TPSA) is 19.0 Å². The molecule has 0 amide bonds. The van der Waals surface area contributed by atoms with Gasteiger partial charge in [-0.3, -0.25) is 0 Å². The van der Waals surface area contributed by atoms with E-state index in [2.05, 4.69) is 295 Å². The van der Waals surface area contributed by atoms with Crippen molar-refractivity contribution in [2.75, 3.05) is 21.3 Å². The highest BCUT2D eigenvalue weighted by Gasteiger charge is 2.51. The zero-order valence-electron chi connectivity index (χ0n) is 52.1. The highest BCUT2D eigenvalue weighted by atomic mass is 16.5. The summed E-state index contributed by atoms with van der Waals surface area (Å²) in [7, 11) is 0. The van der Waals surface area contributed by atoms with Gasteiger partial charge in [0.25, 0.3) is 6.71 Å². The molecule has 0 saturated carbocycles. The zero-order chi connectivity index (χ0) is 58.3. The van der Waals surface area contributed by atoms with Crippen molar-refractivity contribution < 1.29 is 4.74 Å². The molecule has 3 heterocycles. The third kappa shape index (κ3) is 7.91. The van der Waals surface area contributed by atoms with Gasteiger partial charge in [-0.2, -0.15) is 0 Å². The predicted octanol–water partition coefficient (Wildman–Crippen LogP) is 18.5. The summed E-state index contributed by atoms with van der Waals surface area (Å²) >= 11 is 0. The van der Waals surface area contributed by atoms with Crippen molar-refractivity contribution in [3.63, 3.8) is 0 Å². The molecule has 0 saturated heterocycles. The smallest absolute Gasteiger partial charge is 0.252 e. The molecule has 0 bridgehead atoms. The van der Waals surface area contributed by atoms with Gasteiger partial charge in [0, 0.05) is 61.9 Å². The Bertz CT molecular complexity index is 4040. The van der Waals surface area contributed by atoms with Crippen LogP contribution >= 0.6 is 0 Å². The molecule has 3 aliphatic heterocycles. The predicted molar refractivity (Wildman–Crippen MR) is 353 cm³/mol. The number of ether oxygens (including phenoxy) is 1. The van der Waals surface area contributed by atoms with E-state index in [1.807, 2.05) is 0 Å². The van der Waals surface area contributed by atoms with Crippen LogP contribution in [0.2, 0.25) is 0 Å². The van der Waals surface area contributed by atoms with Crippen molar-refractivity contribution in [2.24, 2.45) is 0 Å². The van der Waals surface area contributed by atoms with E-state index in [-0.39, 0.29) is 44.6 Å². The van der Waals surface area contributed by atoms with Crippen LogP contribution < -0.4 is 35.8 Å². The first-order chi connectivity index (χ1) is 39.2. The summed E-state index contributed by atoms with van der Waals surface area (Å²) in [5.41, 5.74) is 28.9. The van der Waals surface area contributed by atoms with Crippen LogP contribution in [-0.4, -0.2) is 13.3 Å². The van der Waals surface area contributed by atoms with E-state index in [9.17, 15) is 0 Å². The highest BCUT2D eigenvalue weighted by Crippen LogP contribution is 2.58. The lowest BCUT2D eigenvalue weighted by Crippen LogP contribution is -2.62. The molecular weight excluding hydrogens is 1010 g/mol. The van der Waals surface area contributed by atoms with Crippen LogP contribution in [0.3, 0.4) is 0 Å². The third-order valence-electron chi connectivity index (χ3n) is 20.5. The third-order valence-corrected chi connectivity index (χ3v) is 20.5. The van der Waals surface area contributed by atoms with Crippen LogP contribution in [0, 0.1) is 13.8 Å². The minimum atomic E-state index is -0.300. The highest BCUT2D eigenvalue weighted by molar-refractivity contribution is 7.00. The first-order valence-electron chi connectivity index (χ1n) is 30.6. The monoisotopic (exact) mass is 1090 g/mol. The van der Waals surface area contributed by atoms with E-state index in [0.717, 1.165) is 35.7 Å². The minimum absolute atomic E-state index is 0.00635. The van der Waals surface area contributed by atoms with Crippen LogP contribution in [0.25, 0.3) is 0 Å². The van der Waals surface area contributed by atoms with E-state index >= 15 is 0 Å². The molecule has 1 atom stereocenters. The van der Waals surface area contributed by atoms with Crippen LogP contribution in [0.5, 0.6) is 5.75 Å². The van der Waals surface area contributed by atoms with E-state index in [1.165, 1.54) is 112 Å². The summed E-state index contributed by atoms with van der Waals surface area (Å²) in [6, 6.07) is 57.7. The first kappa shape index (κ1) is 53.5. The maximum absolute atomic E-state index is 6.82. The number of benzene rings is 8. The van der Waals surface area contributed by atoms with Gasteiger partial charge in [-0.05, 0) is 199 Å². The molecule has 4 nitrogen and oxygen atoms in total. The largest absolute Gasteiger partial charge is 0.492 e. The lowest BCUT2D eigenvalue weighted by molar-refractivity contribution is 0.296. The number of rotatable bonds is 5. The van der Waals surface area contributed by atoms with Gasteiger partial charge in [-0.15, -0.1) is 0 Å². The van der Waals surface area contributed by atoms with Gasteiger partial charge >= 0.3 is 0 Å². The number of aryl methyl sites for hydroxylation is 2. The molecule has 0 fully saturated rings. The van der Waals surface area contributed by atoms with E-state index in [1.54, 1.807) is 0 Å². The lowest BCUT2D eigenvalue weighted by Gasteiger charge is -2.48. The Hall–Kier alpha value is -7.50. The van der Waals surface area contributed by atoms with Gasteiger partial charge in [0.1, 0.15) is 12.4 Å². The number of anilines is 9. The second-order valence-corrected chi connectivity index (χ2v) is 30.0. The van der Waals surface area contributed by atoms with Crippen molar-refractivity contribution in [2.45, 2.75) is 162 Å². The molecule has 8 aromatic rings. The summed E-state index contributed by atoms with van der Waals surface area (Å²) in [5, 5.41) is 0. The second-order valence-electron chi connectivity index (χ2n) is 30.0. The Kier molecular flexibility index (Phi) is 11.5. The summed E-state index contributed by atoms with van der Waals surface area (Å²) in [6.45, 7) is 38.6. The molecule has 418 valence electrons. The Morgan fingerprint density at radius 3 is 1.60 bits per heavy atom. The van der Waals surface area contributed by atoms with E-state index in [4.69, 9.17) is 4.74 Å². The molecule has 3 aliphatic carbocycles. The number of hydrogen-bond donors (Lipinski definition) is 0. The van der Waals surface area contributed by atoms with Gasteiger partial charge in [0.2, 0.25) is 0 Å². The summed E-state index contributed by atoms with van der Waals surface area (Å²) < 4.78 is 6.82. The number of allylic oxidation sites excluding steroid dienone is 3. The quantitative estimate of drug-likeness (QED) is 0.160. The van der Waals surface area contributed by atoms with Crippen LogP contribution in [0.4, 0.5) is 51.2 Å². The minimum Gasteiger partial charge on any atom is -0.492 e. The molecule has 0 N–H and O–H groups in total. The SMILES string of the molecule is Cc1cc2c3c(c1)N(c1cccc4c1C1(C=CC=CC1)CO4)c1cc4c(cc1B3c1cc(N(c3ccc(C(C)(C)C)cc3)c3ccc(C(C)(C)C)cc3)ccc1N2c1cc2c(cc1C)C(C)(C)CC2(C)C)C(C)(C)c1ccccc1C4(C)C. The van der Waals surface area contributed by atoms with Gasteiger partial charge in [0.05, 0.1) is 11.1 Å². The van der Waals surface area contributed by atoms with Gasteiger partial charge < -0.3 is 19.4 Å². The molecule has 0 radical (unpaired) electrons. The van der Waals surface area contributed by atoms with Crippen LogP contribution in [0.15, 0.2) is 170 Å². The van der Waals surface area contributed by atoms with Crippen molar-refractivity contribution in [3.8, 4) is 5.75 Å². The average Bonchev–Trinajstić information content (AvgIpc) is 1.08. The normalized spacial score (nSPS) is 19.5. The fourth-order valence-electron chi connectivity index (χ4n) is 16.3. The van der Waals surface area contributed by atoms with Crippen molar-refractivity contribution in [3.05, 3.63) is 231 Å². The Labute approximate surface area is 496 Å². The molecule has 1 spiro atoms. The molecular formula is C78H82BN3O. The standard InChI is InChI=1S/C78H82BN3O/c1-48-39-67-71-68(40-48)82(64-25-22-26-69-70(64)78(47-83-69)37-20-17-21-38-78)66-45-60-59(76(13,14)55-23-18-19-24-56(55)77(60,15)16)43-62(66)79(71)61-42-54(35-36-63(61)81(67)65-44-58-57(41-49(65)2)74(9,10)46-75(58,11)12)80(52-31-27-50(28-32-52)72(3,4)5)53-33-29-51(30-34-53)73(6,7)8/h17-37,39-45H,38,46-47H2,1-16H3. The number of nitrogens with zero attached hydrogens (tertiary/aromatic N) is 3. The summed E-state index contributed by atoms with van der Waals surface area (Å²) in [6.07, 6.45) is 11.2. The lowest BCUT2D eigenvalue weighted by atomic mass is 9.33. The van der Waals surface area contributed by atoms with Crippen molar-refractivity contribution in [1.29, 1.82) is 0 Å². The summed E-state index contributed by atoms with van der Waals surface area (Å²) in [5.74, 6) is 0.975. The van der Waals surface area contributed by atoms with Gasteiger partial charge in [-0.25, -0.2) is 0 Å². The van der Waals surface area contributed by atoms with Crippen molar-refractivity contribution in [1.82, 2.24) is 0 Å². The molecule has 6 aliphatic rings. The fourth-order valence-corrected chi connectivity index (χ4v) is 16.3. The first-order valence-corrected chi connectivity index (χ1v) is 30.6. The van der Waals surface area contributed by atoms with Gasteiger partial charge in [0.15, 0.2) is 0 Å². The molecule has 83 heavy (non-hydrogen) atoms. The van der Waals surface area contributed by atoms with Gasteiger partial charge in [-0.1, -0.05) is 188 Å². The molecule has 1 unspecified atom stereocenters. The van der Waals surface area contributed by atoms with Crippen molar-refractivity contribution >= 4 is 74.3 Å². The van der Waals surface area contributed by atoms with Crippen LogP contribution in [0.1, 0.15) is 171 Å². The molecule has 8 aromatic carbocycles. The molecule has 14 rings (SSSR count). The molecule has 5 heteroatoms. The summed E-state index contributed by atoms with van der Waals surface area (Å²) in [4.78, 5) is 7.88. The maximum atomic E-state index is 6.82. The Morgan fingerprint density at radius 2 is 1.02 bits per heavy atom. The van der Waals surface area contributed by atoms with E-state index in [0.29, 0.717) is 6.61 Å². The number of hydrogen-bond acceptors (Lipinski definition) is 4.